The fraction of sp³-hybridized carbons (Fsp3) is 0.233. The molecule has 0 radical (unpaired) electrons. The summed E-state index contributed by atoms with van der Waals surface area (Å²) in [6, 6.07) is 19.9. The van der Waals surface area contributed by atoms with Gasteiger partial charge in [-0.1, -0.05) is 59.6 Å². The molecule has 0 spiro atoms. The van der Waals surface area contributed by atoms with Gasteiger partial charge in [-0.2, -0.15) is 22.8 Å². The lowest BCUT2D eigenvalue weighted by Crippen LogP contribution is -2.36. The molecular formula is C30H24Cl2F3N5O. The van der Waals surface area contributed by atoms with Gasteiger partial charge in [0.1, 0.15) is 0 Å². The first-order chi connectivity index (χ1) is 19.7. The number of fused-ring (bicyclic) bond motifs is 1. The molecule has 1 unspecified atom stereocenters. The number of halogens is 5. The van der Waals surface area contributed by atoms with Crippen molar-refractivity contribution in [1.82, 2.24) is 24.3 Å². The van der Waals surface area contributed by atoms with E-state index in [-0.39, 0.29) is 11.7 Å². The van der Waals surface area contributed by atoms with Gasteiger partial charge in [-0.15, -0.1) is 5.10 Å². The Morgan fingerprint density at radius 2 is 1.51 bits per heavy atom. The summed E-state index contributed by atoms with van der Waals surface area (Å²) >= 11 is 12.3. The van der Waals surface area contributed by atoms with Gasteiger partial charge in [0.25, 0.3) is 0 Å². The highest BCUT2D eigenvalue weighted by atomic mass is 35.5. The fourth-order valence-electron chi connectivity index (χ4n) is 5.37. The third-order valence-corrected chi connectivity index (χ3v) is 7.96. The van der Waals surface area contributed by atoms with Gasteiger partial charge in [-0.3, -0.25) is 4.90 Å². The van der Waals surface area contributed by atoms with Crippen LogP contribution in [0.4, 0.5) is 13.2 Å². The molecule has 210 valence electrons. The van der Waals surface area contributed by atoms with Crippen LogP contribution in [0.3, 0.4) is 0 Å². The Balaban J connectivity index is 1.35. The predicted octanol–water partition coefficient (Wildman–Crippen LogP) is 7.22. The van der Waals surface area contributed by atoms with Gasteiger partial charge >= 0.3 is 11.9 Å². The number of alkyl halides is 3. The number of aromatic nitrogens is 4. The number of hydrogen-bond donors (Lipinski definition) is 0. The fourth-order valence-corrected chi connectivity index (χ4v) is 5.62. The van der Waals surface area contributed by atoms with E-state index >= 15 is 0 Å². The second-order valence-corrected chi connectivity index (χ2v) is 11.0. The highest BCUT2D eigenvalue weighted by Crippen LogP contribution is 2.35. The summed E-state index contributed by atoms with van der Waals surface area (Å²) in [4.78, 5) is 15.7. The minimum absolute atomic E-state index is 0.00498. The molecule has 2 aromatic heterocycles. The molecule has 5 aromatic rings. The van der Waals surface area contributed by atoms with Crippen LogP contribution in [0.1, 0.15) is 24.0 Å². The van der Waals surface area contributed by atoms with Gasteiger partial charge in [-0.25, -0.2) is 9.48 Å². The van der Waals surface area contributed by atoms with Crippen molar-refractivity contribution in [3.8, 4) is 22.3 Å². The van der Waals surface area contributed by atoms with E-state index in [1.165, 1.54) is 21.3 Å². The van der Waals surface area contributed by atoms with Crippen molar-refractivity contribution >= 4 is 28.8 Å². The lowest BCUT2D eigenvalue weighted by atomic mass is 9.97. The summed E-state index contributed by atoms with van der Waals surface area (Å²) in [6.07, 6.45) is -0.956. The van der Waals surface area contributed by atoms with E-state index in [0.29, 0.717) is 28.8 Å². The number of likely N-dealkylation sites (tertiary alicyclic amines) is 1. The maximum Gasteiger partial charge on any atom is 0.416 e. The minimum Gasteiger partial charge on any atom is -0.294 e. The van der Waals surface area contributed by atoms with Crippen molar-refractivity contribution in [2.45, 2.75) is 38.1 Å². The molecule has 0 bridgehead atoms. The number of nitrogens with zero attached hydrogens (tertiary/aromatic N) is 5. The zero-order valence-electron chi connectivity index (χ0n) is 21.7. The second kappa shape index (κ2) is 11.0. The third-order valence-electron chi connectivity index (χ3n) is 7.45. The van der Waals surface area contributed by atoms with Crippen LogP contribution in [0.2, 0.25) is 10.0 Å². The van der Waals surface area contributed by atoms with Crippen LogP contribution in [0.5, 0.6) is 0 Å². The number of rotatable bonds is 6. The molecule has 6 nitrogen and oxygen atoms in total. The van der Waals surface area contributed by atoms with E-state index in [4.69, 9.17) is 28.3 Å². The average molecular weight is 598 g/mol. The molecule has 1 aliphatic heterocycles. The Morgan fingerprint density at radius 3 is 2.15 bits per heavy atom. The van der Waals surface area contributed by atoms with E-state index in [1.54, 1.807) is 30.5 Å². The largest absolute Gasteiger partial charge is 0.416 e. The van der Waals surface area contributed by atoms with E-state index in [2.05, 4.69) is 10.00 Å². The maximum absolute atomic E-state index is 13.5. The minimum atomic E-state index is -4.37. The Hall–Kier alpha value is -3.66. The molecule has 0 N–H and O–H groups in total. The molecule has 41 heavy (non-hydrogen) atoms. The summed E-state index contributed by atoms with van der Waals surface area (Å²) in [5, 5.41) is 10.4. The molecule has 11 heteroatoms. The third kappa shape index (κ3) is 5.62. The van der Waals surface area contributed by atoms with Gasteiger partial charge in [0.15, 0.2) is 5.65 Å². The SMILES string of the molecule is O=c1n(CC2CCCN2Cc2ccc(C(F)(F)F)cc2)nc2c(-c3ccc(Cl)cc3)c(-c3ccc(Cl)cc3)cnn12. The van der Waals surface area contributed by atoms with E-state index in [9.17, 15) is 18.0 Å². The highest BCUT2D eigenvalue weighted by molar-refractivity contribution is 6.31. The summed E-state index contributed by atoms with van der Waals surface area (Å²) < 4.78 is 41.7. The van der Waals surface area contributed by atoms with Crippen molar-refractivity contribution in [3.63, 3.8) is 0 Å². The smallest absolute Gasteiger partial charge is 0.294 e. The molecule has 1 saturated heterocycles. The number of benzene rings is 3. The van der Waals surface area contributed by atoms with E-state index in [0.717, 1.165) is 59.3 Å². The maximum atomic E-state index is 13.5. The summed E-state index contributed by atoms with van der Waals surface area (Å²) in [7, 11) is 0. The van der Waals surface area contributed by atoms with Gasteiger partial charge in [0.2, 0.25) is 0 Å². The van der Waals surface area contributed by atoms with Gasteiger partial charge < -0.3 is 0 Å². The normalized spacial score (nSPS) is 16.1. The molecule has 0 amide bonds. The van der Waals surface area contributed by atoms with Gasteiger partial charge in [-0.05, 0) is 72.5 Å². The zero-order valence-corrected chi connectivity index (χ0v) is 23.2. The highest BCUT2D eigenvalue weighted by Gasteiger charge is 2.31. The summed E-state index contributed by atoms with van der Waals surface area (Å²) in [6.45, 7) is 1.60. The number of hydrogen-bond acceptors (Lipinski definition) is 4. The van der Waals surface area contributed by atoms with E-state index in [1.807, 2.05) is 24.3 Å². The van der Waals surface area contributed by atoms with Crippen molar-refractivity contribution < 1.29 is 13.2 Å². The molecule has 6 rings (SSSR count). The van der Waals surface area contributed by atoms with E-state index < -0.39 is 11.7 Å². The first kappa shape index (κ1) is 27.5. The molecule has 3 aromatic carbocycles. The van der Waals surface area contributed by atoms with Crippen LogP contribution in [0, 0.1) is 0 Å². The lowest BCUT2D eigenvalue weighted by Gasteiger charge is -2.24. The Bertz CT molecular complexity index is 1750. The summed E-state index contributed by atoms with van der Waals surface area (Å²) in [5.41, 5.74) is 3.39. The lowest BCUT2D eigenvalue weighted by molar-refractivity contribution is -0.137. The summed E-state index contributed by atoms with van der Waals surface area (Å²) in [5.74, 6) is 0. The zero-order chi connectivity index (χ0) is 28.7. The van der Waals surface area contributed by atoms with Gasteiger partial charge in [0.05, 0.1) is 18.3 Å². The monoisotopic (exact) mass is 597 g/mol. The molecular weight excluding hydrogens is 574 g/mol. The predicted molar refractivity (Wildman–Crippen MR) is 153 cm³/mol. The molecule has 0 saturated carbocycles. The van der Waals surface area contributed by atoms with Crippen LogP contribution >= 0.6 is 23.2 Å². The van der Waals surface area contributed by atoms with Crippen LogP contribution in [0.25, 0.3) is 27.9 Å². The van der Waals surface area contributed by atoms with Crippen LogP contribution in [-0.4, -0.2) is 36.9 Å². The van der Waals surface area contributed by atoms with Crippen LogP contribution in [-0.2, 0) is 19.3 Å². The van der Waals surface area contributed by atoms with Crippen molar-refractivity contribution in [2.75, 3.05) is 6.54 Å². The molecule has 3 heterocycles. The second-order valence-electron chi connectivity index (χ2n) is 10.1. The standard InChI is InChI=1S/C30H24Cl2F3N5O/c31-23-11-5-20(6-12-23)26-16-36-40-28(27(26)21-7-13-24(32)14-8-21)37-39(29(40)41)18-25-2-1-15-38(25)17-19-3-9-22(10-4-19)30(33,34)35/h3-14,16,25H,1-2,15,17-18H2. The van der Waals surface area contributed by atoms with Crippen LogP contribution < -0.4 is 5.69 Å². The first-order valence-electron chi connectivity index (χ1n) is 13.1. The van der Waals surface area contributed by atoms with Crippen molar-refractivity contribution in [3.05, 3.63) is 111 Å². The average Bonchev–Trinajstić information content (AvgIpc) is 3.52. The Morgan fingerprint density at radius 1 is 0.878 bits per heavy atom. The Kier molecular flexibility index (Phi) is 7.36. The van der Waals surface area contributed by atoms with Crippen LogP contribution in [0.15, 0.2) is 83.8 Å². The van der Waals surface area contributed by atoms with Gasteiger partial charge in [0, 0.05) is 33.8 Å². The molecule has 1 atom stereocenters. The Labute approximate surface area is 243 Å². The molecule has 1 aliphatic rings. The quantitative estimate of drug-likeness (QED) is 0.207. The first-order valence-corrected chi connectivity index (χ1v) is 13.8. The van der Waals surface area contributed by atoms with Crippen molar-refractivity contribution in [2.24, 2.45) is 0 Å². The molecule has 1 fully saturated rings. The molecule has 0 aliphatic carbocycles. The topological polar surface area (TPSA) is 55.4 Å². The van der Waals surface area contributed by atoms with Crippen molar-refractivity contribution in [1.29, 1.82) is 0 Å².